The highest BCUT2D eigenvalue weighted by molar-refractivity contribution is 7.86. The van der Waals surface area contributed by atoms with Crippen molar-refractivity contribution in [2.24, 2.45) is 5.92 Å². The Balaban J connectivity index is 1.29. The van der Waals surface area contributed by atoms with Crippen LogP contribution in [0.2, 0.25) is 5.02 Å². The first-order valence-corrected chi connectivity index (χ1v) is 24.3. The highest BCUT2D eigenvalue weighted by Gasteiger charge is 2.68. The van der Waals surface area contributed by atoms with Crippen molar-refractivity contribution < 1.29 is 76.6 Å². The van der Waals surface area contributed by atoms with Crippen molar-refractivity contribution in [3.8, 4) is 16.9 Å². The number of nitrogens with zero attached hydrogens (tertiary/aromatic N) is 7. The van der Waals surface area contributed by atoms with E-state index < -0.39 is 137 Å². The van der Waals surface area contributed by atoms with Crippen LogP contribution in [0.3, 0.4) is 0 Å². The summed E-state index contributed by atoms with van der Waals surface area (Å²) in [6, 6.07) is 9.52. The van der Waals surface area contributed by atoms with Gasteiger partial charge in [-0.15, -0.1) is 0 Å². The third-order valence-corrected chi connectivity index (χ3v) is 13.3. The molecule has 1 saturated carbocycles. The molecule has 6 aromatic rings. The lowest BCUT2D eigenvalue weighted by molar-refractivity contribution is -0.143. The number of pyridine rings is 1. The molecule has 1 fully saturated rings. The number of hydrogen-bond donors (Lipinski definition) is 3. The number of halogens is 11. The molecule has 0 radical (unpaired) electrons. The van der Waals surface area contributed by atoms with Crippen LogP contribution in [0.5, 0.6) is 5.75 Å². The summed E-state index contributed by atoms with van der Waals surface area (Å²) in [5.74, 6) is -11.0. The number of rotatable bonds is 14. The molecule has 0 aliphatic heterocycles. The molecule has 3 aromatic heterocycles. The number of aryl methyl sites for hydroxylation is 1. The van der Waals surface area contributed by atoms with E-state index in [1.165, 1.54) is 42.5 Å². The van der Waals surface area contributed by atoms with Crippen molar-refractivity contribution in [2.45, 2.75) is 69.5 Å². The van der Waals surface area contributed by atoms with Crippen LogP contribution in [0, 0.1) is 17.6 Å². The van der Waals surface area contributed by atoms with E-state index in [-0.39, 0.29) is 56.3 Å². The van der Waals surface area contributed by atoms with Crippen LogP contribution in [0.4, 0.5) is 60.2 Å². The van der Waals surface area contributed by atoms with Crippen LogP contribution in [-0.4, -0.2) is 70.0 Å². The predicted molar refractivity (Wildman–Crippen MR) is 236 cm³/mol. The highest BCUT2D eigenvalue weighted by Crippen LogP contribution is 2.68. The van der Waals surface area contributed by atoms with E-state index in [0.717, 1.165) is 36.4 Å². The number of urea groups is 1. The lowest BCUT2D eigenvalue weighted by Gasteiger charge is -2.26. The number of phosphoric ester groups is 1. The minimum atomic E-state index is -5.24. The summed E-state index contributed by atoms with van der Waals surface area (Å²) in [7, 11) is -6.68. The molecule has 3 aromatic carbocycles. The number of fused-ring (bicyclic) bond motifs is 4. The van der Waals surface area contributed by atoms with Gasteiger partial charge in [-0.05, 0) is 67.1 Å². The van der Waals surface area contributed by atoms with E-state index in [4.69, 9.17) is 16.1 Å². The Morgan fingerprint density at radius 2 is 1.66 bits per heavy atom. The molecule has 2 aliphatic carbocycles. The summed E-state index contributed by atoms with van der Waals surface area (Å²) in [5.41, 5.74) is -4.63. The van der Waals surface area contributed by atoms with E-state index >= 15 is 8.78 Å². The maximum atomic E-state index is 15.5. The summed E-state index contributed by atoms with van der Waals surface area (Å²) in [6.45, 7) is -1.46. The largest absolute Gasteiger partial charge is 0.524 e. The number of aromatic nitrogens is 5. The molecule has 3 heterocycles. The molecule has 378 valence electrons. The third kappa shape index (κ3) is 10.2. The van der Waals surface area contributed by atoms with E-state index in [9.17, 15) is 63.3 Å². The fraction of sp³-hybridized carbons (Fsp3) is 0.326. The van der Waals surface area contributed by atoms with Gasteiger partial charge in [0.2, 0.25) is 5.91 Å². The van der Waals surface area contributed by atoms with Gasteiger partial charge in [-0.1, -0.05) is 42.8 Å². The lowest BCUT2D eigenvalue weighted by atomic mass is 9.93. The van der Waals surface area contributed by atoms with Crippen LogP contribution in [-0.2, 0) is 58.4 Å². The van der Waals surface area contributed by atoms with Crippen LogP contribution in [0.25, 0.3) is 22.0 Å². The summed E-state index contributed by atoms with van der Waals surface area (Å²) in [5, 5.41) is 9.23. The fourth-order valence-electron chi connectivity index (χ4n) is 8.76. The lowest BCUT2D eigenvalue weighted by Crippen LogP contribution is -2.42. The van der Waals surface area contributed by atoms with Crippen LogP contribution in [0.15, 0.2) is 66.7 Å². The monoisotopic (exact) mass is 1060 g/mol. The van der Waals surface area contributed by atoms with Gasteiger partial charge in [-0.2, -0.15) is 49.6 Å². The molecule has 0 bridgehead atoms. The fourth-order valence-corrected chi connectivity index (χ4v) is 10.1. The van der Waals surface area contributed by atoms with Crippen molar-refractivity contribution in [2.75, 3.05) is 22.5 Å². The van der Waals surface area contributed by atoms with Crippen molar-refractivity contribution in [3.05, 3.63) is 117 Å². The normalized spacial score (nSPS) is 17.1. The van der Waals surface area contributed by atoms with Gasteiger partial charge in [0.05, 0.1) is 33.3 Å². The molecule has 2 aliphatic rings. The number of phosphoric acid groups is 1. The van der Waals surface area contributed by atoms with Gasteiger partial charge in [0.1, 0.15) is 41.4 Å². The van der Waals surface area contributed by atoms with Gasteiger partial charge in [-0.25, -0.2) is 22.3 Å². The minimum Gasteiger partial charge on any atom is -0.402 e. The van der Waals surface area contributed by atoms with Crippen molar-refractivity contribution in [1.29, 1.82) is 0 Å². The zero-order valence-corrected chi connectivity index (χ0v) is 39.2. The molecule has 4 atom stereocenters. The third-order valence-electron chi connectivity index (χ3n) is 11.7. The second kappa shape index (κ2) is 18.5. The Labute approximate surface area is 402 Å². The first-order valence-electron chi connectivity index (χ1n) is 20.9. The highest BCUT2D eigenvalue weighted by atomic mass is 35.5. The molecular formula is C43H36ClF10N8O7PS. The summed E-state index contributed by atoms with van der Waals surface area (Å²) >= 11 is 6.72. The van der Waals surface area contributed by atoms with E-state index in [2.05, 4.69) is 20.5 Å². The molecule has 2 unspecified atom stereocenters. The first kappa shape index (κ1) is 51.3. The van der Waals surface area contributed by atoms with Crippen LogP contribution in [0.1, 0.15) is 59.2 Å². The van der Waals surface area contributed by atoms with Crippen LogP contribution < -0.4 is 19.0 Å². The minimum absolute atomic E-state index is 0.122. The van der Waals surface area contributed by atoms with Gasteiger partial charge >= 0.3 is 26.2 Å². The molecule has 28 heteroatoms. The molecular weight excluding hydrogens is 1030 g/mol. The number of hydrogen-bond acceptors (Lipinski definition) is 8. The van der Waals surface area contributed by atoms with Crippen molar-refractivity contribution in [1.82, 2.24) is 29.9 Å². The second-order valence-electron chi connectivity index (χ2n) is 16.6. The Morgan fingerprint density at radius 1 is 1.00 bits per heavy atom. The number of benzene rings is 3. The maximum Gasteiger partial charge on any atom is 0.524 e. The quantitative estimate of drug-likeness (QED) is 0.0701. The van der Waals surface area contributed by atoms with E-state index in [0.29, 0.717) is 15.1 Å². The topological polar surface area (TPSA) is 185 Å². The number of para-hydroxylation sites is 2. The molecule has 0 saturated heterocycles. The summed E-state index contributed by atoms with van der Waals surface area (Å²) in [6.07, 6.45) is -9.90. The zero-order chi connectivity index (χ0) is 51.9. The van der Waals surface area contributed by atoms with Crippen molar-refractivity contribution >= 4 is 64.8 Å². The molecule has 15 nitrogen and oxygen atoms in total. The first-order chi connectivity index (χ1) is 33.1. The number of carbonyl (C=O) groups excluding carboxylic acids is 2. The maximum absolute atomic E-state index is 15.5. The van der Waals surface area contributed by atoms with Gasteiger partial charge in [0, 0.05) is 47.7 Å². The Morgan fingerprint density at radius 3 is 2.28 bits per heavy atom. The molecule has 3 amide bonds. The average molecular weight is 1070 g/mol. The second-order valence-corrected chi connectivity index (χ2v) is 19.3. The summed E-state index contributed by atoms with van der Waals surface area (Å²) in [4.78, 5) is 52.8. The molecule has 3 N–H and O–H groups in total. The summed E-state index contributed by atoms with van der Waals surface area (Å²) < 4.78 is 178. The number of anilines is 2. The van der Waals surface area contributed by atoms with Gasteiger partial charge in [-0.3, -0.25) is 33.8 Å². The molecule has 8 rings (SSSR count). The average Bonchev–Trinajstić information content (AvgIpc) is 3.77. The number of nitrogens with one attached hydrogen (secondary N) is 1. The van der Waals surface area contributed by atoms with E-state index in [1.54, 1.807) is 6.92 Å². The van der Waals surface area contributed by atoms with Gasteiger partial charge in [0.25, 0.3) is 5.92 Å². The molecule has 71 heavy (non-hydrogen) atoms. The Bertz CT molecular complexity index is 3180. The Hall–Kier alpha value is -6.08. The van der Waals surface area contributed by atoms with Gasteiger partial charge in [0.15, 0.2) is 17.3 Å². The smallest absolute Gasteiger partial charge is 0.402 e. The number of carbonyl (C=O) groups is 2. The van der Waals surface area contributed by atoms with E-state index in [1.807, 2.05) is 0 Å². The molecule has 0 spiro atoms. The Kier molecular flexibility index (Phi) is 13.4. The standard InChI is InChI=1S/C43H36ClF10N8O7PS/c1-4-23-9-10-24(35(55-23)29(15-20-13-21(45)16-22(46)14-20)56-32(63)18-60-38-33(37(57-60)43(52,53)54)26-17-27(26)42(38,50)51)25-11-12-28(44)34-36(25)61(19-41(47,48)49)58-39(34)62(71(3)68)40(64)59(2)30-7-5-6-8-31(30)69-70(65,66)67/h5-14,16,26-27,29H,4,15,17-19H2,1-3H3,(H,56,63)(H2,65,66,67)/t26-,27+,29?,71?/m0/s1. The van der Waals surface area contributed by atoms with Crippen molar-refractivity contribution in [3.63, 3.8) is 0 Å². The SMILES string of the molecule is CCc1ccc(-c2ccc(Cl)c3c(N(C(=O)N(C)c4ccccc4OP(=O)(O)O)S(C)=O)nn(CC(F)(F)F)c23)c(C(Cc2cc(F)cc(F)c2)NC(=O)Cn2nc(C(F)(F)F)c3c2C(F)(F)[C@@H]2C[C@H]32)n1. The predicted octanol–water partition coefficient (Wildman–Crippen LogP) is 9.51. The van der Waals surface area contributed by atoms with Crippen LogP contribution >= 0.6 is 19.4 Å². The number of amides is 3. The number of alkyl halides is 8. The van der Waals surface area contributed by atoms with Gasteiger partial charge < -0.3 is 9.84 Å². The zero-order valence-electron chi connectivity index (χ0n) is 36.7.